The summed E-state index contributed by atoms with van der Waals surface area (Å²) in [6.45, 7) is 3.33. The second-order valence-electron chi connectivity index (χ2n) is 7.09. The van der Waals surface area contributed by atoms with Crippen molar-refractivity contribution >= 4 is 5.91 Å². The second kappa shape index (κ2) is 21.1. The summed E-state index contributed by atoms with van der Waals surface area (Å²) in [7, 11) is -9.89. The van der Waals surface area contributed by atoms with E-state index in [1.807, 2.05) is 66.4 Å². The molecule has 217 valence electrons. The van der Waals surface area contributed by atoms with Crippen molar-refractivity contribution in [1.82, 2.24) is 25.2 Å². The van der Waals surface area contributed by atoms with Gasteiger partial charge in [-0.2, -0.15) is 0 Å². The molecule has 40 heavy (non-hydrogen) atoms. The molecule has 3 heterocycles. The number of nitrogens with zero attached hydrogens (tertiary/aromatic N) is 5. The first kappa shape index (κ1) is 39.5. The van der Waals surface area contributed by atoms with Crippen LogP contribution in [-0.2, 0) is 39.7 Å². The van der Waals surface area contributed by atoms with Crippen LogP contribution in [0, 0.1) is 25.9 Å². The molecule has 0 saturated heterocycles. The SMILES string of the molecule is CC(NC(=O)CN(Cc1ccccn1)Cc1ccccn1)c1ccccn1.N#[O+].[Fe+3].[O-][Cl+3]([O-])([O-])[O-].[O-][Cl+3]([O-])([O-])[O-]. The molecule has 1 radical (unpaired) electrons. The zero-order valence-electron chi connectivity index (χ0n) is 20.6. The van der Waals surface area contributed by atoms with Crippen molar-refractivity contribution in [2.75, 3.05) is 6.54 Å². The Labute approximate surface area is 243 Å². The number of nitrogens with one attached hydrogen (secondary N) is 1. The molecular formula is C21H23Cl2FeN6O10+2. The van der Waals surface area contributed by atoms with E-state index in [0.29, 0.717) is 13.1 Å². The number of carbonyl (C=O) groups is 1. The molecule has 0 spiro atoms. The molecule has 16 nitrogen and oxygen atoms in total. The number of aromatic nitrogens is 3. The molecule has 19 heteroatoms. The van der Waals surface area contributed by atoms with Gasteiger partial charge in [0.2, 0.25) is 5.91 Å². The van der Waals surface area contributed by atoms with Gasteiger partial charge in [0, 0.05) is 31.7 Å². The molecule has 0 bridgehead atoms. The van der Waals surface area contributed by atoms with E-state index < -0.39 is 20.5 Å². The van der Waals surface area contributed by atoms with Gasteiger partial charge in [-0.1, -0.05) is 18.2 Å². The van der Waals surface area contributed by atoms with E-state index in [0.717, 1.165) is 17.1 Å². The fourth-order valence-electron chi connectivity index (χ4n) is 2.81. The summed E-state index contributed by atoms with van der Waals surface area (Å²) >= 11 is 0. The van der Waals surface area contributed by atoms with E-state index in [1.54, 1.807) is 18.6 Å². The molecule has 0 aliphatic heterocycles. The van der Waals surface area contributed by atoms with E-state index in [2.05, 4.69) is 20.3 Å². The Bertz CT molecular complexity index is 1020. The van der Waals surface area contributed by atoms with Crippen LogP contribution >= 0.6 is 0 Å². The minimum atomic E-state index is -4.94. The van der Waals surface area contributed by atoms with Crippen molar-refractivity contribution in [2.24, 2.45) is 0 Å². The Hall–Kier alpha value is -2.67. The summed E-state index contributed by atoms with van der Waals surface area (Å²) in [6.07, 6.45) is 5.25. The Morgan fingerprint density at radius 1 is 0.800 bits per heavy atom. The molecule has 0 aromatic carbocycles. The molecule has 1 amide bonds. The molecule has 1 N–H and O–H groups in total. The van der Waals surface area contributed by atoms with Gasteiger partial charge in [-0.15, -0.1) is 20.5 Å². The first-order chi connectivity index (χ1) is 18.2. The molecule has 3 rings (SSSR count). The molecule has 1 atom stereocenters. The predicted molar refractivity (Wildman–Crippen MR) is 106 cm³/mol. The van der Waals surface area contributed by atoms with Crippen molar-refractivity contribution in [3.8, 4) is 0 Å². The molecule has 0 saturated carbocycles. The van der Waals surface area contributed by atoms with Crippen LogP contribution in [0.4, 0.5) is 0 Å². The third-order valence-electron chi connectivity index (χ3n) is 4.10. The minimum Gasteiger partial charge on any atom is -0.222 e. The Kier molecular flexibility index (Phi) is 20.8. The van der Waals surface area contributed by atoms with Crippen LogP contribution in [0.15, 0.2) is 73.2 Å². The number of halogens is 2. The predicted octanol–water partition coefficient (Wildman–Crippen LogP) is -6.87. The standard InChI is InChI=1S/C21H23N5O.2ClHO4.Fe.NO/c1-17(20-10-4-7-13-24-20)25-21(27)16-26(14-18-8-2-5-11-22-18)15-19-9-3-6-12-23-19;2*2-1(3,4)5;;1-2/h2-13,17H,14-16H2,1H3,(H,25,27);2*(H,2,3,4,5);;/q;;;+3;+1/p-2. The number of pyridine rings is 3. The maximum Gasteiger partial charge on any atom is 3.00 e. The summed E-state index contributed by atoms with van der Waals surface area (Å²) in [5.41, 5.74) is 8.42. The number of rotatable bonds is 8. The van der Waals surface area contributed by atoms with Crippen LogP contribution in [0.1, 0.15) is 30.0 Å². The first-order valence-corrected chi connectivity index (χ1v) is 12.8. The molecule has 0 aliphatic carbocycles. The average Bonchev–Trinajstić information content (AvgIpc) is 2.85. The van der Waals surface area contributed by atoms with Crippen LogP contribution in [0.5, 0.6) is 0 Å². The van der Waals surface area contributed by atoms with Gasteiger partial charge < -0.3 is 5.32 Å². The normalized spacial score (nSPS) is 11.1. The number of amides is 1. The van der Waals surface area contributed by atoms with Crippen LogP contribution in [0.25, 0.3) is 0 Å². The fourth-order valence-corrected chi connectivity index (χ4v) is 2.81. The minimum absolute atomic E-state index is 0. The molecule has 3 aromatic heterocycles. The zero-order chi connectivity index (χ0) is 29.9. The van der Waals surface area contributed by atoms with Gasteiger partial charge in [0.15, 0.2) is 0 Å². The number of hydrogen-bond acceptors (Lipinski definition) is 14. The second-order valence-corrected chi connectivity index (χ2v) is 8.60. The van der Waals surface area contributed by atoms with Gasteiger partial charge in [0.1, 0.15) is 0 Å². The maximum atomic E-state index is 12.6. The van der Waals surface area contributed by atoms with Crippen molar-refractivity contribution in [3.63, 3.8) is 0 Å². The molecule has 0 aliphatic rings. The smallest absolute Gasteiger partial charge is 0.222 e. The van der Waals surface area contributed by atoms with Gasteiger partial charge >= 0.3 is 27.3 Å². The van der Waals surface area contributed by atoms with Gasteiger partial charge in [-0.25, -0.2) is 37.3 Å². The first-order valence-electron chi connectivity index (χ1n) is 10.3. The quantitative estimate of drug-likeness (QED) is 0.176. The number of hydrogen-bond donors (Lipinski definition) is 1. The Morgan fingerprint density at radius 2 is 1.18 bits per heavy atom. The Morgan fingerprint density at radius 3 is 1.50 bits per heavy atom. The topological polar surface area (TPSA) is 299 Å². The van der Waals surface area contributed by atoms with Crippen LogP contribution in [0.3, 0.4) is 0 Å². The molecule has 1 unspecified atom stereocenters. The fraction of sp³-hybridized carbons (Fsp3) is 0.238. The van der Waals surface area contributed by atoms with Gasteiger partial charge in [-0.3, -0.25) is 24.6 Å². The van der Waals surface area contributed by atoms with E-state index in [-0.39, 0.29) is 35.6 Å². The summed E-state index contributed by atoms with van der Waals surface area (Å²) in [6, 6.07) is 17.1. The summed E-state index contributed by atoms with van der Waals surface area (Å²) in [5, 5.41) is 3.01. The third kappa shape index (κ3) is 24.4. The van der Waals surface area contributed by atoms with Gasteiger partial charge in [-0.05, 0) is 43.3 Å². The average molecular weight is 646 g/mol. The van der Waals surface area contributed by atoms with E-state index in [9.17, 15) is 4.79 Å². The molecule has 0 fully saturated rings. The van der Waals surface area contributed by atoms with Crippen LogP contribution < -0.4 is 42.6 Å². The Balaban J connectivity index is 0. The van der Waals surface area contributed by atoms with Crippen LogP contribution in [-0.4, -0.2) is 32.3 Å². The van der Waals surface area contributed by atoms with E-state index in [1.165, 1.54) is 0 Å². The summed E-state index contributed by atoms with van der Waals surface area (Å²) < 4.78 is 75.2. The van der Waals surface area contributed by atoms with Gasteiger partial charge in [0.05, 0.1) is 29.7 Å². The van der Waals surface area contributed by atoms with E-state index >= 15 is 0 Å². The van der Waals surface area contributed by atoms with Gasteiger partial charge in [0.25, 0.3) is 0 Å². The molecular weight excluding hydrogens is 623 g/mol. The van der Waals surface area contributed by atoms with Crippen molar-refractivity contribution in [2.45, 2.75) is 26.1 Å². The maximum absolute atomic E-state index is 12.6. The van der Waals surface area contributed by atoms with Crippen LogP contribution in [0.2, 0.25) is 0 Å². The summed E-state index contributed by atoms with van der Waals surface area (Å²) in [4.78, 5) is 27.7. The molecule has 3 aromatic rings. The van der Waals surface area contributed by atoms with Crippen molar-refractivity contribution in [1.29, 1.82) is 5.46 Å². The zero-order valence-corrected chi connectivity index (χ0v) is 23.2. The van der Waals surface area contributed by atoms with E-state index in [4.69, 9.17) is 47.5 Å². The third-order valence-corrected chi connectivity index (χ3v) is 4.10. The largest absolute Gasteiger partial charge is 3.00 e. The summed E-state index contributed by atoms with van der Waals surface area (Å²) in [5.74, 6) is -0.0555. The monoisotopic (exact) mass is 645 g/mol. The van der Waals surface area contributed by atoms with Crippen molar-refractivity contribution < 1.29 is 84.4 Å². The number of carbonyl (C=O) groups excluding carboxylic acids is 1. The van der Waals surface area contributed by atoms with Crippen molar-refractivity contribution in [3.05, 3.63) is 90.3 Å².